The Morgan fingerprint density at radius 3 is 2.83 bits per heavy atom. The summed E-state index contributed by atoms with van der Waals surface area (Å²) >= 11 is 0. The van der Waals surface area contributed by atoms with Crippen LogP contribution in [0, 0.1) is 6.92 Å². The van der Waals surface area contributed by atoms with Crippen molar-refractivity contribution in [3.05, 3.63) is 35.5 Å². The van der Waals surface area contributed by atoms with Gasteiger partial charge in [0.15, 0.2) is 6.61 Å². The Kier molecular flexibility index (Phi) is 3.78. The Morgan fingerprint density at radius 2 is 2.22 bits per heavy atom. The van der Waals surface area contributed by atoms with Crippen LogP contribution in [-0.4, -0.2) is 17.3 Å². The van der Waals surface area contributed by atoms with Crippen LogP contribution in [0.25, 0.3) is 0 Å². The molecule has 0 aliphatic rings. The zero-order valence-electron chi connectivity index (χ0n) is 10.3. The highest BCUT2D eigenvalue weighted by Gasteiger charge is 2.07. The molecule has 6 nitrogen and oxygen atoms in total. The summed E-state index contributed by atoms with van der Waals surface area (Å²) in [6, 6.07) is 5.47. The van der Waals surface area contributed by atoms with Crippen molar-refractivity contribution >= 4 is 0 Å². The van der Waals surface area contributed by atoms with E-state index in [1.807, 2.05) is 18.2 Å². The molecule has 1 aromatic carbocycles. The zero-order valence-corrected chi connectivity index (χ0v) is 10.3. The third-order valence-electron chi connectivity index (χ3n) is 2.41. The lowest BCUT2D eigenvalue weighted by atomic mass is 10.2. The topological polar surface area (TPSA) is 83.4 Å². The molecular weight excluding hydrogens is 234 g/mol. The van der Waals surface area contributed by atoms with Gasteiger partial charge in [0.2, 0.25) is 11.7 Å². The van der Waals surface area contributed by atoms with E-state index in [1.54, 1.807) is 14.0 Å². The molecule has 0 aliphatic carbocycles. The van der Waals surface area contributed by atoms with Crippen LogP contribution >= 0.6 is 0 Å². The minimum atomic E-state index is 0.247. The maximum absolute atomic E-state index is 5.66. The number of ether oxygens (including phenoxy) is 2. The lowest BCUT2D eigenvalue weighted by Gasteiger charge is -2.10. The summed E-state index contributed by atoms with van der Waals surface area (Å²) in [5.41, 5.74) is 6.53. The largest absolute Gasteiger partial charge is 0.497 e. The summed E-state index contributed by atoms with van der Waals surface area (Å²) in [6.45, 7) is 2.35. The first-order valence-electron chi connectivity index (χ1n) is 5.52. The van der Waals surface area contributed by atoms with E-state index in [0.29, 0.717) is 24.0 Å². The number of aryl methyl sites for hydroxylation is 1. The fraction of sp³-hybridized carbons (Fsp3) is 0.333. The fourth-order valence-electron chi connectivity index (χ4n) is 1.53. The highest BCUT2D eigenvalue weighted by Crippen LogP contribution is 2.24. The third-order valence-corrected chi connectivity index (χ3v) is 2.41. The molecule has 0 atom stereocenters. The fourth-order valence-corrected chi connectivity index (χ4v) is 1.53. The predicted octanol–water partition coefficient (Wildman–Crippen LogP) is 1.42. The summed E-state index contributed by atoms with van der Waals surface area (Å²) in [5.74, 6) is 2.47. The van der Waals surface area contributed by atoms with Crippen molar-refractivity contribution in [3.63, 3.8) is 0 Å². The van der Waals surface area contributed by atoms with E-state index in [2.05, 4.69) is 10.1 Å². The van der Waals surface area contributed by atoms with E-state index in [0.717, 1.165) is 11.3 Å². The molecule has 0 radical (unpaired) electrons. The van der Waals surface area contributed by atoms with Crippen molar-refractivity contribution in [1.29, 1.82) is 0 Å². The van der Waals surface area contributed by atoms with Gasteiger partial charge in [0.05, 0.1) is 7.11 Å². The van der Waals surface area contributed by atoms with Gasteiger partial charge >= 0.3 is 0 Å². The standard InChI is InChI=1S/C12H15N3O3/c1-8-14-12(15-18-8)7-17-11-4-3-10(16-2)5-9(11)6-13/h3-5H,6-7,13H2,1-2H3. The number of methoxy groups -OCH3 is 1. The maximum Gasteiger partial charge on any atom is 0.223 e. The minimum absolute atomic E-state index is 0.247. The van der Waals surface area contributed by atoms with E-state index in [-0.39, 0.29) is 6.61 Å². The molecule has 0 bridgehead atoms. The first-order valence-corrected chi connectivity index (χ1v) is 5.52. The summed E-state index contributed by atoms with van der Waals surface area (Å²) in [5, 5.41) is 3.75. The lowest BCUT2D eigenvalue weighted by Crippen LogP contribution is -2.04. The van der Waals surface area contributed by atoms with Gasteiger partial charge in [-0.2, -0.15) is 4.98 Å². The number of hydrogen-bond acceptors (Lipinski definition) is 6. The summed E-state index contributed by atoms with van der Waals surface area (Å²) in [7, 11) is 1.61. The van der Waals surface area contributed by atoms with Crippen LogP contribution in [0.5, 0.6) is 11.5 Å². The molecule has 2 N–H and O–H groups in total. The Labute approximate surface area is 105 Å². The molecule has 0 amide bonds. The number of nitrogens with zero attached hydrogens (tertiary/aromatic N) is 2. The molecule has 2 aromatic rings. The van der Waals surface area contributed by atoms with Crippen molar-refractivity contribution in [2.24, 2.45) is 5.73 Å². The molecular formula is C12H15N3O3. The number of aromatic nitrogens is 2. The monoisotopic (exact) mass is 249 g/mol. The van der Waals surface area contributed by atoms with Gasteiger partial charge in [-0.05, 0) is 18.2 Å². The molecule has 1 aromatic heterocycles. The predicted molar refractivity (Wildman–Crippen MR) is 64.3 cm³/mol. The van der Waals surface area contributed by atoms with Gasteiger partial charge in [-0.25, -0.2) is 0 Å². The third kappa shape index (κ3) is 2.78. The highest BCUT2D eigenvalue weighted by molar-refractivity contribution is 5.40. The highest BCUT2D eigenvalue weighted by atomic mass is 16.5. The van der Waals surface area contributed by atoms with Crippen LogP contribution in [-0.2, 0) is 13.2 Å². The van der Waals surface area contributed by atoms with Gasteiger partial charge in [-0.3, -0.25) is 0 Å². The summed E-state index contributed by atoms with van der Waals surface area (Å²) in [6.07, 6.45) is 0. The summed E-state index contributed by atoms with van der Waals surface area (Å²) < 4.78 is 15.6. The van der Waals surface area contributed by atoms with Crippen molar-refractivity contribution < 1.29 is 14.0 Å². The Balaban J connectivity index is 2.08. The molecule has 0 fully saturated rings. The molecule has 0 saturated carbocycles. The number of rotatable bonds is 5. The molecule has 0 saturated heterocycles. The van der Waals surface area contributed by atoms with Crippen LogP contribution < -0.4 is 15.2 Å². The van der Waals surface area contributed by atoms with E-state index in [4.69, 9.17) is 19.7 Å². The van der Waals surface area contributed by atoms with E-state index < -0.39 is 0 Å². The number of hydrogen-bond donors (Lipinski definition) is 1. The van der Waals surface area contributed by atoms with Crippen LogP contribution in [0.4, 0.5) is 0 Å². The molecule has 6 heteroatoms. The van der Waals surface area contributed by atoms with Gasteiger partial charge in [0.1, 0.15) is 11.5 Å². The van der Waals surface area contributed by atoms with E-state index in [1.165, 1.54) is 0 Å². The van der Waals surface area contributed by atoms with E-state index in [9.17, 15) is 0 Å². The van der Waals surface area contributed by atoms with Crippen molar-refractivity contribution in [3.8, 4) is 11.5 Å². The molecule has 1 heterocycles. The van der Waals surface area contributed by atoms with Gasteiger partial charge in [0.25, 0.3) is 0 Å². The van der Waals surface area contributed by atoms with Crippen molar-refractivity contribution in [1.82, 2.24) is 10.1 Å². The van der Waals surface area contributed by atoms with Crippen LogP contribution in [0.1, 0.15) is 17.3 Å². The zero-order chi connectivity index (χ0) is 13.0. The summed E-state index contributed by atoms with van der Waals surface area (Å²) in [4.78, 5) is 4.06. The van der Waals surface area contributed by atoms with Gasteiger partial charge in [0, 0.05) is 19.0 Å². The van der Waals surface area contributed by atoms with Crippen LogP contribution in [0.15, 0.2) is 22.7 Å². The van der Waals surface area contributed by atoms with Gasteiger partial charge in [-0.15, -0.1) is 0 Å². The molecule has 96 valence electrons. The minimum Gasteiger partial charge on any atom is -0.497 e. The lowest BCUT2D eigenvalue weighted by molar-refractivity contribution is 0.282. The quantitative estimate of drug-likeness (QED) is 0.862. The Bertz CT molecular complexity index is 525. The molecule has 0 spiro atoms. The molecule has 0 unspecified atom stereocenters. The van der Waals surface area contributed by atoms with Crippen LogP contribution in [0.3, 0.4) is 0 Å². The van der Waals surface area contributed by atoms with Crippen LogP contribution in [0.2, 0.25) is 0 Å². The average molecular weight is 249 g/mol. The second kappa shape index (κ2) is 5.50. The van der Waals surface area contributed by atoms with Crippen molar-refractivity contribution in [2.75, 3.05) is 7.11 Å². The first-order chi connectivity index (χ1) is 8.72. The Hall–Kier alpha value is -2.08. The SMILES string of the molecule is COc1ccc(OCc2noc(C)n2)c(CN)c1. The molecule has 0 aliphatic heterocycles. The maximum atomic E-state index is 5.66. The molecule has 18 heavy (non-hydrogen) atoms. The normalized spacial score (nSPS) is 10.4. The Morgan fingerprint density at radius 1 is 1.39 bits per heavy atom. The van der Waals surface area contributed by atoms with Gasteiger partial charge < -0.3 is 19.7 Å². The smallest absolute Gasteiger partial charge is 0.223 e. The number of nitrogens with two attached hydrogens (primary N) is 1. The number of benzene rings is 1. The van der Waals surface area contributed by atoms with Crippen molar-refractivity contribution in [2.45, 2.75) is 20.1 Å². The average Bonchev–Trinajstić information content (AvgIpc) is 2.82. The first kappa shape index (κ1) is 12.4. The second-order valence-corrected chi connectivity index (χ2v) is 3.70. The van der Waals surface area contributed by atoms with Gasteiger partial charge in [-0.1, -0.05) is 5.16 Å². The molecule has 2 rings (SSSR count). The van der Waals surface area contributed by atoms with E-state index >= 15 is 0 Å². The second-order valence-electron chi connectivity index (χ2n) is 3.70.